The Morgan fingerprint density at radius 1 is 1.11 bits per heavy atom. The Bertz CT molecular complexity index is 558. The summed E-state index contributed by atoms with van der Waals surface area (Å²) in [5, 5.41) is 0. The Morgan fingerprint density at radius 3 is 2.58 bits per heavy atom. The average molecular weight is 261 g/mol. The van der Waals surface area contributed by atoms with Gasteiger partial charge in [-0.25, -0.2) is 4.39 Å². The number of nitrogens with two attached hydrogens (primary N) is 1. The second kappa shape index (κ2) is 6.20. The first-order valence-electron chi connectivity index (χ1n) is 6.03. The Balaban J connectivity index is 2.18. The maximum atomic E-state index is 13.8. The van der Waals surface area contributed by atoms with Crippen molar-refractivity contribution < 1.29 is 13.9 Å². The summed E-state index contributed by atoms with van der Waals surface area (Å²) in [5.41, 5.74) is 6.30. The van der Waals surface area contributed by atoms with E-state index >= 15 is 0 Å². The van der Waals surface area contributed by atoms with Gasteiger partial charge in [0.2, 0.25) is 0 Å². The summed E-state index contributed by atoms with van der Waals surface area (Å²) in [6.45, 7) is 0.496. The number of hydrogen-bond acceptors (Lipinski definition) is 3. The van der Waals surface area contributed by atoms with Crippen LogP contribution in [0.15, 0.2) is 42.5 Å². The van der Waals surface area contributed by atoms with E-state index in [2.05, 4.69) is 0 Å². The van der Waals surface area contributed by atoms with Gasteiger partial charge in [0.1, 0.15) is 11.5 Å². The third-order valence-electron chi connectivity index (χ3n) is 2.70. The van der Waals surface area contributed by atoms with Crippen molar-refractivity contribution in [2.45, 2.75) is 6.42 Å². The lowest BCUT2D eigenvalue weighted by molar-refractivity contribution is 0.405. The van der Waals surface area contributed by atoms with E-state index in [9.17, 15) is 4.39 Å². The van der Waals surface area contributed by atoms with Crippen LogP contribution in [0.1, 0.15) is 5.56 Å². The van der Waals surface area contributed by atoms with Crippen LogP contribution in [0.25, 0.3) is 0 Å². The molecule has 19 heavy (non-hydrogen) atoms. The molecule has 0 radical (unpaired) electrons. The van der Waals surface area contributed by atoms with Crippen LogP contribution in [0.5, 0.6) is 17.2 Å². The van der Waals surface area contributed by atoms with Gasteiger partial charge in [0.15, 0.2) is 11.6 Å². The molecule has 2 rings (SSSR count). The van der Waals surface area contributed by atoms with Crippen molar-refractivity contribution in [2.75, 3.05) is 13.7 Å². The van der Waals surface area contributed by atoms with Crippen molar-refractivity contribution in [1.82, 2.24) is 0 Å². The fraction of sp³-hybridized carbons (Fsp3) is 0.200. The normalized spacial score (nSPS) is 10.3. The lowest BCUT2D eigenvalue weighted by Crippen LogP contribution is -2.03. The maximum Gasteiger partial charge on any atom is 0.165 e. The highest BCUT2D eigenvalue weighted by atomic mass is 19.1. The number of benzene rings is 2. The second-order valence-electron chi connectivity index (χ2n) is 4.08. The van der Waals surface area contributed by atoms with Crippen molar-refractivity contribution in [3.8, 4) is 17.2 Å². The van der Waals surface area contributed by atoms with E-state index in [1.807, 2.05) is 6.07 Å². The summed E-state index contributed by atoms with van der Waals surface area (Å²) < 4.78 is 24.4. The van der Waals surface area contributed by atoms with Crippen molar-refractivity contribution >= 4 is 0 Å². The average Bonchev–Trinajstić information content (AvgIpc) is 2.42. The van der Waals surface area contributed by atoms with Gasteiger partial charge in [-0.1, -0.05) is 12.1 Å². The molecule has 2 aromatic rings. The molecule has 0 aliphatic rings. The monoisotopic (exact) mass is 261 g/mol. The Hall–Kier alpha value is -2.07. The number of ether oxygens (including phenoxy) is 2. The molecule has 0 fully saturated rings. The van der Waals surface area contributed by atoms with Gasteiger partial charge in [-0.15, -0.1) is 0 Å². The van der Waals surface area contributed by atoms with Gasteiger partial charge in [-0.2, -0.15) is 0 Å². The van der Waals surface area contributed by atoms with Gasteiger partial charge >= 0.3 is 0 Å². The van der Waals surface area contributed by atoms with E-state index in [1.165, 1.54) is 6.07 Å². The second-order valence-corrected chi connectivity index (χ2v) is 4.08. The van der Waals surface area contributed by atoms with Crippen molar-refractivity contribution in [3.05, 3.63) is 53.8 Å². The zero-order chi connectivity index (χ0) is 13.7. The highest BCUT2D eigenvalue weighted by Crippen LogP contribution is 2.27. The van der Waals surface area contributed by atoms with Crippen LogP contribution in [0.4, 0.5) is 4.39 Å². The van der Waals surface area contributed by atoms with E-state index < -0.39 is 5.82 Å². The van der Waals surface area contributed by atoms with Gasteiger partial charge in [-0.3, -0.25) is 0 Å². The molecule has 4 heteroatoms. The van der Waals surface area contributed by atoms with Gasteiger partial charge in [0.25, 0.3) is 0 Å². The number of methoxy groups -OCH3 is 1. The van der Waals surface area contributed by atoms with Crippen LogP contribution in [0.3, 0.4) is 0 Å². The minimum Gasteiger partial charge on any atom is -0.497 e. The summed E-state index contributed by atoms with van der Waals surface area (Å²) in [4.78, 5) is 0. The standard InChI is InChI=1S/C15H16FNO2/c1-18-12-3-2-4-13(10-12)19-15-6-5-11(7-8-17)9-14(15)16/h2-6,9-10H,7-8,17H2,1H3. The van der Waals surface area contributed by atoms with Crippen LogP contribution >= 0.6 is 0 Å². The van der Waals surface area contributed by atoms with Gasteiger partial charge in [0.05, 0.1) is 7.11 Å². The molecule has 0 heterocycles. The molecular formula is C15H16FNO2. The van der Waals surface area contributed by atoms with Gasteiger partial charge < -0.3 is 15.2 Å². The molecule has 0 aromatic heterocycles. The molecule has 100 valence electrons. The third kappa shape index (κ3) is 3.45. The first-order chi connectivity index (χ1) is 9.22. The minimum atomic E-state index is -0.395. The highest BCUT2D eigenvalue weighted by Gasteiger charge is 2.06. The molecule has 0 aliphatic carbocycles. The minimum absolute atomic E-state index is 0.189. The molecule has 0 bridgehead atoms. The number of rotatable bonds is 5. The zero-order valence-corrected chi connectivity index (χ0v) is 10.7. The topological polar surface area (TPSA) is 44.5 Å². The highest BCUT2D eigenvalue weighted by molar-refractivity contribution is 5.38. The Morgan fingerprint density at radius 2 is 1.89 bits per heavy atom. The van der Waals surface area contributed by atoms with E-state index in [0.717, 1.165) is 5.56 Å². The molecule has 0 unspecified atom stereocenters. The molecule has 3 nitrogen and oxygen atoms in total. The molecule has 0 atom stereocenters. The number of halogens is 1. The van der Waals surface area contributed by atoms with E-state index in [0.29, 0.717) is 24.5 Å². The Kier molecular flexibility index (Phi) is 4.36. The van der Waals surface area contributed by atoms with Gasteiger partial charge in [0, 0.05) is 6.07 Å². The first kappa shape index (κ1) is 13.4. The summed E-state index contributed by atoms with van der Waals surface area (Å²) in [6, 6.07) is 11.9. The fourth-order valence-corrected chi connectivity index (χ4v) is 1.74. The summed E-state index contributed by atoms with van der Waals surface area (Å²) in [5.74, 6) is 0.991. The van der Waals surface area contributed by atoms with E-state index in [4.69, 9.17) is 15.2 Å². The van der Waals surface area contributed by atoms with Crippen LogP contribution in [-0.2, 0) is 6.42 Å². The lowest BCUT2D eigenvalue weighted by Gasteiger charge is -2.09. The quantitative estimate of drug-likeness (QED) is 0.899. The lowest BCUT2D eigenvalue weighted by atomic mass is 10.1. The predicted octanol–water partition coefficient (Wildman–Crippen LogP) is 3.13. The van der Waals surface area contributed by atoms with E-state index in [-0.39, 0.29) is 5.75 Å². The molecule has 2 aromatic carbocycles. The Labute approximate surface area is 111 Å². The van der Waals surface area contributed by atoms with Crippen LogP contribution in [0.2, 0.25) is 0 Å². The van der Waals surface area contributed by atoms with Crippen LogP contribution in [-0.4, -0.2) is 13.7 Å². The summed E-state index contributed by atoms with van der Waals surface area (Å²) in [6.07, 6.45) is 0.649. The molecule has 2 N–H and O–H groups in total. The molecule has 0 amide bonds. The van der Waals surface area contributed by atoms with Crippen molar-refractivity contribution in [2.24, 2.45) is 5.73 Å². The zero-order valence-electron chi connectivity index (χ0n) is 10.7. The molecular weight excluding hydrogens is 245 g/mol. The molecule has 0 aliphatic heterocycles. The van der Waals surface area contributed by atoms with Crippen molar-refractivity contribution in [3.63, 3.8) is 0 Å². The molecule has 0 spiro atoms. The summed E-state index contributed by atoms with van der Waals surface area (Å²) >= 11 is 0. The number of hydrogen-bond donors (Lipinski definition) is 1. The molecule has 0 saturated heterocycles. The van der Waals surface area contributed by atoms with Crippen LogP contribution < -0.4 is 15.2 Å². The van der Waals surface area contributed by atoms with Crippen molar-refractivity contribution in [1.29, 1.82) is 0 Å². The third-order valence-corrected chi connectivity index (χ3v) is 2.70. The van der Waals surface area contributed by atoms with Crippen LogP contribution in [0, 0.1) is 5.82 Å². The maximum absolute atomic E-state index is 13.8. The van der Waals surface area contributed by atoms with E-state index in [1.54, 1.807) is 37.4 Å². The first-order valence-corrected chi connectivity index (χ1v) is 6.03. The van der Waals surface area contributed by atoms with Gasteiger partial charge in [-0.05, 0) is 42.8 Å². The molecule has 0 saturated carbocycles. The summed E-state index contributed by atoms with van der Waals surface area (Å²) in [7, 11) is 1.57. The fourth-order valence-electron chi connectivity index (χ4n) is 1.74. The SMILES string of the molecule is COc1cccc(Oc2ccc(CCN)cc2F)c1. The predicted molar refractivity (Wildman–Crippen MR) is 72.2 cm³/mol. The smallest absolute Gasteiger partial charge is 0.165 e. The largest absolute Gasteiger partial charge is 0.497 e.